The minimum atomic E-state index is -3.73. The molecule has 10 heteroatoms. The van der Waals surface area contributed by atoms with Gasteiger partial charge in [-0.3, -0.25) is 9.79 Å². The van der Waals surface area contributed by atoms with Crippen molar-refractivity contribution in [1.82, 2.24) is 16.0 Å². The molecule has 0 radical (unpaired) electrons. The van der Waals surface area contributed by atoms with Crippen molar-refractivity contribution < 1.29 is 13.2 Å². The minimum Gasteiger partial charge on any atom is -0.352 e. The fourth-order valence-electron chi connectivity index (χ4n) is 1.87. The zero-order valence-electron chi connectivity index (χ0n) is 14.8. The summed E-state index contributed by atoms with van der Waals surface area (Å²) >= 11 is 0. The molecule has 0 spiro atoms. The maximum atomic E-state index is 11.8. The fraction of sp³-hybridized carbons (Fsp3) is 0.467. The molecule has 1 rings (SSSR count). The monoisotopic (exact) mass is 483 g/mol. The van der Waals surface area contributed by atoms with Crippen LogP contribution >= 0.6 is 24.0 Å². The summed E-state index contributed by atoms with van der Waals surface area (Å²) in [6.07, 6.45) is 0. The highest BCUT2D eigenvalue weighted by Gasteiger charge is 2.13. The number of benzene rings is 1. The zero-order chi connectivity index (χ0) is 18.4. The lowest BCUT2D eigenvalue weighted by molar-refractivity contribution is -0.121. The lowest BCUT2D eigenvalue weighted by Crippen LogP contribution is -2.48. The molecule has 142 valence electrons. The highest BCUT2D eigenvalue weighted by atomic mass is 127. The summed E-state index contributed by atoms with van der Waals surface area (Å²) in [5, 5.41) is 13.8. The van der Waals surface area contributed by atoms with Crippen LogP contribution in [-0.2, 0) is 21.4 Å². The van der Waals surface area contributed by atoms with E-state index in [0.717, 1.165) is 5.56 Å². The first-order valence-electron chi connectivity index (χ1n) is 7.38. The summed E-state index contributed by atoms with van der Waals surface area (Å²) in [5.41, 5.74) is 0.424. The molecular weight excluding hydrogens is 457 g/mol. The van der Waals surface area contributed by atoms with Crippen LogP contribution in [0.4, 0.5) is 0 Å². The molecule has 0 heterocycles. The number of guanidine groups is 1. The number of nitrogens with one attached hydrogen (secondary N) is 3. The Bertz CT molecular complexity index is 714. The summed E-state index contributed by atoms with van der Waals surface area (Å²) in [6, 6.07) is 6.30. The molecule has 0 saturated carbocycles. The highest BCUT2D eigenvalue weighted by Crippen LogP contribution is 2.09. The van der Waals surface area contributed by atoms with Gasteiger partial charge in [0.1, 0.15) is 0 Å². The van der Waals surface area contributed by atoms with E-state index >= 15 is 0 Å². The number of sulfonamides is 1. The third kappa shape index (κ3) is 9.60. The van der Waals surface area contributed by atoms with E-state index in [1.165, 1.54) is 12.1 Å². The van der Waals surface area contributed by atoms with Gasteiger partial charge in [-0.1, -0.05) is 12.1 Å². The van der Waals surface area contributed by atoms with E-state index in [1.54, 1.807) is 19.2 Å². The van der Waals surface area contributed by atoms with Crippen molar-refractivity contribution in [3.63, 3.8) is 0 Å². The van der Waals surface area contributed by atoms with Crippen LogP contribution in [0.25, 0.3) is 0 Å². The number of hydrogen-bond donors (Lipinski definition) is 4. The number of halogens is 1. The van der Waals surface area contributed by atoms with Gasteiger partial charge >= 0.3 is 0 Å². The number of carbonyl (C=O) groups is 1. The van der Waals surface area contributed by atoms with Gasteiger partial charge in [-0.25, -0.2) is 13.6 Å². The normalized spacial score (nSPS) is 12.1. The maximum Gasteiger partial charge on any atom is 0.239 e. The van der Waals surface area contributed by atoms with Crippen LogP contribution in [0.3, 0.4) is 0 Å². The second-order valence-electron chi connectivity index (χ2n) is 6.27. The minimum absolute atomic E-state index is 0. The number of carbonyl (C=O) groups excluding carboxylic acids is 1. The molecule has 1 aromatic rings. The predicted molar refractivity (Wildman–Crippen MR) is 109 cm³/mol. The summed E-state index contributed by atoms with van der Waals surface area (Å²) in [7, 11) is -2.15. The molecule has 0 unspecified atom stereocenters. The highest BCUT2D eigenvalue weighted by molar-refractivity contribution is 14.0. The Kier molecular flexibility index (Phi) is 9.37. The number of nitrogens with two attached hydrogens (primary N) is 1. The molecule has 5 N–H and O–H groups in total. The van der Waals surface area contributed by atoms with E-state index < -0.39 is 10.0 Å². The number of nitrogens with zero attached hydrogens (tertiary/aromatic N) is 1. The summed E-state index contributed by atoms with van der Waals surface area (Å²) in [4.78, 5) is 15.8. The molecule has 0 saturated heterocycles. The quantitative estimate of drug-likeness (QED) is 0.276. The van der Waals surface area contributed by atoms with Crippen LogP contribution in [-0.4, -0.2) is 39.4 Å². The summed E-state index contributed by atoms with van der Waals surface area (Å²) < 4.78 is 22.7. The average Bonchev–Trinajstić information content (AvgIpc) is 2.45. The van der Waals surface area contributed by atoms with E-state index in [2.05, 4.69) is 20.9 Å². The average molecular weight is 483 g/mol. The number of aliphatic imine (C=N–C) groups is 1. The first-order valence-corrected chi connectivity index (χ1v) is 8.93. The Morgan fingerprint density at radius 1 is 1.24 bits per heavy atom. The molecule has 0 bridgehead atoms. The molecule has 0 aromatic heterocycles. The van der Waals surface area contributed by atoms with Crippen LogP contribution in [0.1, 0.15) is 26.3 Å². The van der Waals surface area contributed by atoms with Gasteiger partial charge in [-0.2, -0.15) is 0 Å². The lowest BCUT2D eigenvalue weighted by atomic mass is 10.1. The third-order valence-corrected chi connectivity index (χ3v) is 3.75. The lowest BCUT2D eigenvalue weighted by Gasteiger charge is -2.21. The Hall–Kier alpha value is -1.40. The Morgan fingerprint density at radius 3 is 2.40 bits per heavy atom. The molecule has 0 fully saturated rings. The van der Waals surface area contributed by atoms with E-state index in [1.807, 2.05) is 20.8 Å². The van der Waals surface area contributed by atoms with Gasteiger partial charge in [-0.15, -0.1) is 24.0 Å². The zero-order valence-corrected chi connectivity index (χ0v) is 17.9. The molecule has 0 aliphatic heterocycles. The molecule has 25 heavy (non-hydrogen) atoms. The first-order chi connectivity index (χ1) is 11.0. The second kappa shape index (κ2) is 9.92. The number of amides is 1. The van der Waals surface area contributed by atoms with E-state index in [4.69, 9.17) is 5.14 Å². The van der Waals surface area contributed by atoms with Crippen LogP contribution in [0.5, 0.6) is 0 Å². The van der Waals surface area contributed by atoms with Crippen molar-refractivity contribution in [3.05, 3.63) is 29.8 Å². The van der Waals surface area contributed by atoms with Crippen molar-refractivity contribution >= 4 is 45.9 Å². The SMILES string of the molecule is CN=C(NCC(=O)NC(C)(C)C)NCc1cccc(S(N)(=O)=O)c1.I. The number of primary sulfonamides is 1. The predicted octanol–water partition coefficient (Wildman–Crippen LogP) is 0.532. The smallest absolute Gasteiger partial charge is 0.239 e. The maximum absolute atomic E-state index is 11.8. The summed E-state index contributed by atoms with van der Waals surface area (Å²) in [6.45, 7) is 6.11. The van der Waals surface area contributed by atoms with Gasteiger partial charge in [0.2, 0.25) is 15.9 Å². The molecule has 0 aliphatic rings. The van der Waals surface area contributed by atoms with Gasteiger partial charge < -0.3 is 16.0 Å². The standard InChI is InChI=1S/C15H25N5O3S.HI/c1-15(2,3)20-13(21)10-19-14(17-4)18-9-11-6-5-7-12(8-11)24(16,22)23;/h5-8H,9-10H2,1-4H3,(H,20,21)(H2,16,22,23)(H2,17,18,19);1H. The molecule has 1 aromatic carbocycles. The fourth-order valence-corrected chi connectivity index (χ4v) is 2.45. The number of hydrogen-bond acceptors (Lipinski definition) is 4. The molecule has 1 amide bonds. The Morgan fingerprint density at radius 2 is 1.88 bits per heavy atom. The van der Waals surface area contributed by atoms with Gasteiger partial charge in [0, 0.05) is 19.1 Å². The van der Waals surface area contributed by atoms with Gasteiger partial charge in [0.15, 0.2) is 5.96 Å². The van der Waals surface area contributed by atoms with Crippen LogP contribution < -0.4 is 21.1 Å². The molecule has 8 nitrogen and oxygen atoms in total. The molecular formula is C15H26IN5O3S. The topological polar surface area (TPSA) is 126 Å². The van der Waals surface area contributed by atoms with Crippen molar-refractivity contribution in [2.45, 2.75) is 37.8 Å². The largest absolute Gasteiger partial charge is 0.352 e. The van der Waals surface area contributed by atoms with Gasteiger partial charge in [0.25, 0.3) is 0 Å². The Labute approximate surface area is 166 Å². The van der Waals surface area contributed by atoms with Crippen molar-refractivity contribution in [1.29, 1.82) is 0 Å². The van der Waals surface area contributed by atoms with Crippen molar-refractivity contribution in [2.75, 3.05) is 13.6 Å². The van der Waals surface area contributed by atoms with Crippen molar-refractivity contribution in [2.24, 2.45) is 10.1 Å². The van der Waals surface area contributed by atoms with Crippen molar-refractivity contribution in [3.8, 4) is 0 Å². The third-order valence-electron chi connectivity index (χ3n) is 2.84. The van der Waals surface area contributed by atoms with Crippen LogP contribution in [0.15, 0.2) is 34.2 Å². The number of rotatable bonds is 5. The first kappa shape index (κ1) is 23.6. The summed E-state index contributed by atoms with van der Waals surface area (Å²) in [5.74, 6) is 0.279. The van der Waals surface area contributed by atoms with Crippen LogP contribution in [0.2, 0.25) is 0 Å². The molecule has 0 aliphatic carbocycles. The second-order valence-corrected chi connectivity index (χ2v) is 7.83. The van der Waals surface area contributed by atoms with Gasteiger partial charge in [0.05, 0.1) is 11.4 Å². The van der Waals surface area contributed by atoms with Crippen LogP contribution in [0, 0.1) is 0 Å². The van der Waals surface area contributed by atoms with Gasteiger partial charge in [-0.05, 0) is 38.5 Å². The Balaban J connectivity index is 0.00000576. The molecule has 0 atom stereocenters. The van der Waals surface area contributed by atoms with E-state index in [0.29, 0.717) is 12.5 Å². The van der Waals surface area contributed by atoms with E-state index in [-0.39, 0.29) is 46.9 Å². The van der Waals surface area contributed by atoms with E-state index in [9.17, 15) is 13.2 Å².